The highest BCUT2D eigenvalue weighted by Gasteiger charge is 2.20. The van der Waals surface area contributed by atoms with Crippen LogP contribution >= 0.6 is 27.3 Å². The molecule has 0 spiro atoms. The van der Waals surface area contributed by atoms with Gasteiger partial charge in [0, 0.05) is 10.4 Å². The molecule has 0 saturated carbocycles. The van der Waals surface area contributed by atoms with E-state index >= 15 is 0 Å². The first-order chi connectivity index (χ1) is 7.68. The first kappa shape index (κ1) is 15.2. The first-order valence-electron chi connectivity index (χ1n) is 6.17. The third-order valence-corrected chi connectivity index (χ3v) is 4.36. The van der Waals surface area contributed by atoms with Crippen LogP contribution in [0.3, 0.4) is 0 Å². The highest BCUT2D eigenvalue weighted by Crippen LogP contribution is 2.31. The Morgan fingerprint density at radius 3 is 2.29 bits per heavy atom. The molecular formula is C14H24BrNS. The molecule has 0 radical (unpaired) electrons. The number of nitrogens with one attached hydrogen (secondary N) is 1. The van der Waals surface area contributed by atoms with Crippen molar-refractivity contribution in [3.63, 3.8) is 0 Å². The minimum atomic E-state index is 0.224. The molecule has 1 rings (SSSR count). The Hall–Kier alpha value is 0.140. The molecule has 1 nitrogen and oxygen atoms in total. The van der Waals surface area contributed by atoms with Crippen LogP contribution in [0, 0.1) is 5.41 Å². The van der Waals surface area contributed by atoms with Gasteiger partial charge in [-0.2, -0.15) is 0 Å². The first-order valence-corrected chi connectivity index (χ1v) is 7.78. The molecule has 0 saturated heterocycles. The summed E-state index contributed by atoms with van der Waals surface area (Å²) in [7, 11) is 0. The van der Waals surface area contributed by atoms with E-state index in [2.05, 4.69) is 68.0 Å². The Balaban J connectivity index is 2.41. The molecule has 0 amide bonds. The topological polar surface area (TPSA) is 12.0 Å². The maximum absolute atomic E-state index is 3.56. The smallest absolute Gasteiger partial charge is 0.0701 e. The summed E-state index contributed by atoms with van der Waals surface area (Å²) in [6.07, 6.45) is 2.37. The van der Waals surface area contributed by atoms with Gasteiger partial charge in [-0.25, -0.2) is 0 Å². The van der Waals surface area contributed by atoms with Crippen molar-refractivity contribution in [1.29, 1.82) is 0 Å². The summed E-state index contributed by atoms with van der Waals surface area (Å²) in [4.78, 5) is 1.47. The van der Waals surface area contributed by atoms with Gasteiger partial charge >= 0.3 is 0 Å². The molecule has 0 aliphatic carbocycles. The van der Waals surface area contributed by atoms with Gasteiger partial charge in [-0.3, -0.25) is 0 Å². The Bertz CT molecular complexity index is 349. The van der Waals surface area contributed by atoms with Gasteiger partial charge in [0.25, 0.3) is 0 Å². The molecule has 3 heteroatoms. The minimum Gasteiger partial charge on any atom is -0.312 e. The number of halogens is 1. The van der Waals surface area contributed by atoms with E-state index < -0.39 is 0 Å². The highest BCUT2D eigenvalue weighted by molar-refractivity contribution is 9.11. The van der Waals surface area contributed by atoms with E-state index in [1.54, 1.807) is 0 Å². The lowest BCUT2D eigenvalue weighted by molar-refractivity contribution is 0.304. The van der Waals surface area contributed by atoms with Gasteiger partial charge in [-0.05, 0) is 73.6 Å². The van der Waals surface area contributed by atoms with E-state index in [4.69, 9.17) is 0 Å². The van der Waals surface area contributed by atoms with Crippen LogP contribution < -0.4 is 5.32 Å². The highest BCUT2D eigenvalue weighted by atomic mass is 79.9. The van der Waals surface area contributed by atoms with E-state index in [0.29, 0.717) is 5.41 Å². The Kier molecular flexibility index (Phi) is 5.23. The van der Waals surface area contributed by atoms with Crippen molar-refractivity contribution in [2.45, 2.75) is 53.0 Å². The largest absolute Gasteiger partial charge is 0.312 e. The molecule has 0 atom stereocenters. The summed E-state index contributed by atoms with van der Waals surface area (Å²) >= 11 is 5.37. The molecule has 0 aromatic carbocycles. The van der Waals surface area contributed by atoms with Crippen LogP contribution in [-0.2, 0) is 6.42 Å². The fourth-order valence-corrected chi connectivity index (χ4v) is 3.52. The summed E-state index contributed by atoms with van der Waals surface area (Å²) in [5.41, 5.74) is 0.588. The molecule has 1 aromatic heterocycles. The van der Waals surface area contributed by atoms with Crippen molar-refractivity contribution >= 4 is 27.3 Å². The summed E-state index contributed by atoms with van der Waals surface area (Å²) in [5.74, 6) is 0. The SMILES string of the molecule is CC(C)(CCNC(C)(C)C)Cc1ccc(Br)s1. The standard InChI is InChI=1S/C14H24BrNS/c1-13(2,3)16-9-8-14(4,5)10-11-6-7-12(15)17-11/h6-7,16H,8-10H2,1-5H3. The van der Waals surface area contributed by atoms with E-state index in [-0.39, 0.29) is 5.54 Å². The third kappa shape index (κ3) is 6.58. The molecule has 98 valence electrons. The molecular weight excluding hydrogens is 294 g/mol. The number of hydrogen-bond acceptors (Lipinski definition) is 2. The quantitative estimate of drug-likeness (QED) is 0.818. The maximum atomic E-state index is 3.56. The van der Waals surface area contributed by atoms with Crippen LogP contribution in [0.2, 0.25) is 0 Å². The van der Waals surface area contributed by atoms with E-state index in [0.717, 1.165) is 13.0 Å². The second kappa shape index (κ2) is 5.85. The second-order valence-electron chi connectivity index (χ2n) is 6.47. The number of thiophene rings is 1. The van der Waals surface area contributed by atoms with Crippen molar-refractivity contribution in [1.82, 2.24) is 5.32 Å². The molecule has 0 aliphatic rings. The van der Waals surface area contributed by atoms with Crippen molar-refractivity contribution in [3.05, 3.63) is 20.8 Å². The fourth-order valence-electron chi connectivity index (χ4n) is 1.78. The lowest BCUT2D eigenvalue weighted by Gasteiger charge is -2.27. The maximum Gasteiger partial charge on any atom is 0.0701 e. The van der Waals surface area contributed by atoms with Gasteiger partial charge in [0.1, 0.15) is 0 Å². The van der Waals surface area contributed by atoms with Crippen molar-refractivity contribution in [2.75, 3.05) is 6.54 Å². The third-order valence-electron chi connectivity index (χ3n) is 2.74. The second-order valence-corrected chi connectivity index (χ2v) is 9.02. The van der Waals surface area contributed by atoms with E-state index in [9.17, 15) is 0 Å². The van der Waals surface area contributed by atoms with Crippen molar-refractivity contribution in [3.8, 4) is 0 Å². The van der Waals surface area contributed by atoms with Crippen LogP contribution in [0.4, 0.5) is 0 Å². The predicted octanol–water partition coefficient (Wildman–Crippen LogP) is 4.86. The molecule has 1 heterocycles. The fraction of sp³-hybridized carbons (Fsp3) is 0.714. The molecule has 1 N–H and O–H groups in total. The summed E-state index contributed by atoms with van der Waals surface area (Å²) < 4.78 is 1.23. The predicted molar refractivity (Wildman–Crippen MR) is 81.9 cm³/mol. The Morgan fingerprint density at radius 2 is 1.82 bits per heavy atom. The molecule has 0 unspecified atom stereocenters. The van der Waals surface area contributed by atoms with Gasteiger partial charge < -0.3 is 5.32 Å². The van der Waals surface area contributed by atoms with Gasteiger partial charge in [0.15, 0.2) is 0 Å². The van der Waals surface area contributed by atoms with Crippen LogP contribution in [-0.4, -0.2) is 12.1 Å². The number of hydrogen-bond donors (Lipinski definition) is 1. The molecule has 0 bridgehead atoms. The summed E-state index contributed by atoms with van der Waals surface area (Å²) in [5, 5.41) is 3.56. The van der Waals surface area contributed by atoms with Gasteiger partial charge in [-0.1, -0.05) is 13.8 Å². The molecule has 17 heavy (non-hydrogen) atoms. The van der Waals surface area contributed by atoms with Crippen LogP contribution in [0.1, 0.15) is 45.9 Å². The van der Waals surface area contributed by atoms with Gasteiger partial charge in [0.05, 0.1) is 3.79 Å². The minimum absolute atomic E-state index is 0.224. The van der Waals surface area contributed by atoms with E-state index in [1.807, 2.05) is 11.3 Å². The molecule has 0 aliphatic heterocycles. The zero-order chi connectivity index (χ0) is 13.1. The summed E-state index contributed by atoms with van der Waals surface area (Å²) in [6.45, 7) is 12.4. The van der Waals surface area contributed by atoms with Crippen molar-refractivity contribution in [2.24, 2.45) is 5.41 Å². The van der Waals surface area contributed by atoms with E-state index in [1.165, 1.54) is 15.1 Å². The molecule has 0 fully saturated rings. The average Bonchev–Trinajstić information content (AvgIpc) is 2.47. The normalized spacial score (nSPS) is 13.1. The van der Waals surface area contributed by atoms with Gasteiger partial charge in [-0.15, -0.1) is 11.3 Å². The van der Waals surface area contributed by atoms with Crippen LogP contribution in [0.5, 0.6) is 0 Å². The zero-order valence-corrected chi connectivity index (χ0v) is 14.0. The lowest BCUT2D eigenvalue weighted by Crippen LogP contribution is -2.38. The number of rotatable bonds is 5. The summed E-state index contributed by atoms with van der Waals surface area (Å²) in [6, 6.07) is 4.37. The van der Waals surface area contributed by atoms with Crippen LogP contribution in [0.25, 0.3) is 0 Å². The monoisotopic (exact) mass is 317 g/mol. The zero-order valence-electron chi connectivity index (χ0n) is 11.6. The van der Waals surface area contributed by atoms with Crippen LogP contribution in [0.15, 0.2) is 15.9 Å². The average molecular weight is 318 g/mol. The van der Waals surface area contributed by atoms with Crippen molar-refractivity contribution < 1.29 is 0 Å². The Morgan fingerprint density at radius 1 is 1.18 bits per heavy atom. The lowest BCUT2D eigenvalue weighted by atomic mass is 9.85. The molecule has 1 aromatic rings. The Labute approximate surface area is 118 Å². The van der Waals surface area contributed by atoms with Gasteiger partial charge in [0.2, 0.25) is 0 Å².